The van der Waals surface area contributed by atoms with Crippen LogP contribution < -0.4 is 0 Å². The van der Waals surface area contributed by atoms with Crippen molar-refractivity contribution >= 4 is 11.7 Å². The first-order valence-electron chi connectivity index (χ1n) is 7.73. The average Bonchev–Trinajstić information content (AvgIpc) is 2.93. The maximum Gasteiger partial charge on any atom is 0.359 e. The highest BCUT2D eigenvalue weighted by atomic mass is 16.6. The van der Waals surface area contributed by atoms with Gasteiger partial charge in [0.05, 0.1) is 17.2 Å². The molecule has 1 aromatic heterocycles. The van der Waals surface area contributed by atoms with E-state index < -0.39 is 10.9 Å². The highest BCUT2D eigenvalue weighted by molar-refractivity contribution is 5.89. The third-order valence-corrected chi connectivity index (χ3v) is 4.02. The predicted molar refractivity (Wildman–Crippen MR) is 86.2 cm³/mol. The summed E-state index contributed by atoms with van der Waals surface area (Å²) < 4.78 is 6.61. The second kappa shape index (κ2) is 6.40. The van der Waals surface area contributed by atoms with Crippen molar-refractivity contribution in [1.29, 1.82) is 0 Å². The highest BCUT2D eigenvalue weighted by Crippen LogP contribution is 2.29. The first-order valence-corrected chi connectivity index (χ1v) is 7.73. The minimum Gasteiger partial charge on any atom is -0.461 e. The molecule has 0 atom stereocenters. The topological polar surface area (TPSA) is 90.5 Å². The summed E-state index contributed by atoms with van der Waals surface area (Å²) in [4.78, 5) is 25.2. The zero-order chi connectivity index (χ0) is 17.3. The van der Waals surface area contributed by atoms with E-state index in [9.17, 15) is 14.9 Å². The van der Waals surface area contributed by atoms with E-state index in [2.05, 4.69) is 10.00 Å². The molecule has 0 radical (unpaired) electrons. The zero-order valence-electron chi connectivity index (χ0n) is 13.6. The largest absolute Gasteiger partial charge is 0.461 e. The van der Waals surface area contributed by atoms with Gasteiger partial charge in [0.2, 0.25) is 0 Å². The number of carbonyl (C=O) groups excluding carboxylic acids is 1. The number of esters is 1. The van der Waals surface area contributed by atoms with E-state index in [1.54, 1.807) is 25.1 Å². The van der Waals surface area contributed by atoms with Crippen LogP contribution in [0.1, 0.15) is 28.7 Å². The molecule has 0 unspecified atom stereocenters. The third kappa shape index (κ3) is 2.76. The van der Waals surface area contributed by atoms with Gasteiger partial charge in [-0.25, -0.2) is 9.48 Å². The molecule has 126 valence electrons. The quantitative estimate of drug-likeness (QED) is 0.483. The van der Waals surface area contributed by atoms with Gasteiger partial charge in [0.1, 0.15) is 5.69 Å². The highest BCUT2D eigenvalue weighted by Gasteiger charge is 2.30. The average molecular weight is 330 g/mol. The lowest BCUT2D eigenvalue weighted by atomic mass is 10.1. The summed E-state index contributed by atoms with van der Waals surface area (Å²) in [6, 6.07) is 6.40. The van der Waals surface area contributed by atoms with E-state index in [1.165, 1.54) is 10.7 Å². The van der Waals surface area contributed by atoms with Gasteiger partial charge in [0.15, 0.2) is 5.69 Å². The molecule has 0 spiro atoms. The number of ether oxygens (including phenoxy) is 1. The minimum absolute atomic E-state index is 0.0443. The van der Waals surface area contributed by atoms with Crippen LogP contribution in [0.2, 0.25) is 0 Å². The van der Waals surface area contributed by atoms with Gasteiger partial charge < -0.3 is 9.64 Å². The Bertz CT molecular complexity index is 799. The Kier molecular flexibility index (Phi) is 4.30. The van der Waals surface area contributed by atoms with Crippen LogP contribution in [0.25, 0.3) is 5.69 Å². The molecule has 1 aliphatic rings. The zero-order valence-corrected chi connectivity index (χ0v) is 13.6. The van der Waals surface area contributed by atoms with E-state index in [-0.39, 0.29) is 18.0 Å². The Balaban J connectivity index is 2.18. The number of carbonyl (C=O) groups is 1. The molecule has 0 amide bonds. The van der Waals surface area contributed by atoms with E-state index in [1.807, 2.05) is 7.05 Å². The smallest absolute Gasteiger partial charge is 0.359 e. The van der Waals surface area contributed by atoms with Crippen molar-refractivity contribution in [2.45, 2.75) is 19.9 Å². The summed E-state index contributed by atoms with van der Waals surface area (Å²) in [5.41, 5.74) is 2.15. The Morgan fingerprint density at radius 2 is 2.17 bits per heavy atom. The van der Waals surface area contributed by atoms with Gasteiger partial charge in [-0.2, -0.15) is 5.10 Å². The molecule has 24 heavy (non-hydrogen) atoms. The molecule has 0 saturated heterocycles. The number of para-hydroxylation sites is 2. The number of nitro benzene ring substituents is 1. The molecule has 0 aliphatic carbocycles. The van der Waals surface area contributed by atoms with Gasteiger partial charge >= 0.3 is 5.97 Å². The number of fused-ring (bicyclic) bond motifs is 1. The SMILES string of the molecule is CCOC(=O)c1nn(-c2ccccc2[N+](=O)[O-])c2c1CN(C)CC2. The maximum absolute atomic E-state index is 12.2. The van der Waals surface area contributed by atoms with Gasteiger partial charge in [-0.15, -0.1) is 0 Å². The van der Waals surface area contributed by atoms with Gasteiger partial charge in [0.25, 0.3) is 5.69 Å². The molecule has 1 aromatic carbocycles. The van der Waals surface area contributed by atoms with Crippen molar-refractivity contribution in [2.75, 3.05) is 20.2 Å². The molecule has 8 heteroatoms. The molecule has 2 heterocycles. The first kappa shape index (κ1) is 16.1. The van der Waals surface area contributed by atoms with Crippen LogP contribution in [-0.4, -0.2) is 45.8 Å². The van der Waals surface area contributed by atoms with Crippen LogP contribution in [0.3, 0.4) is 0 Å². The summed E-state index contributed by atoms with van der Waals surface area (Å²) in [5, 5.41) is 15.7. The van der Waals surface area contributed by atoms with Crippen LogP contribution in [-0.2, 0) is 17.7 Å². The lowest BCUT2D eigenvalue weighted by molar-refractivity contribution is -0.384. The lowest BCUT2D eigenvalue weighted by Gasteiger charge is -2.23. The number of nitro groups is 1. The number of benzene rings is 1. The molecule has 0 bridgehead atoms. The molecule has 3 rings (SSSR count). The van der Waals surface area contributed by atoms with Crippen LogP contribution in [0.15, 0.2) is 24.3 Å². The van der Waals surface area contributed by atoms with Gasteiger partial charge in [-0.3, -0.25) is 10.1 Å². The van der Waals surface area contributed by atoms with E-state index >= 15 is 0 Å². The Labute approximate surface area is 138 Å². The van der Waals surface area contributed by atoms with Crippen molar-refractivity contribution in [1.82, 2.24) is 14.7 Å². The summed E-state index contributed by atoms with van der Waals surface area (Å²) in [7, 11) is 1.96. The number of likely N-dealkylation sites (N-methyl/N-ethyl adjacent to an activating group) is 1. The van der Waals surface area contributed by atoms with Crippen molar-refractivity contribution in [3.63, 3.8) is 0 Å². The van der Waals surface area contributed by atoms with Crippen molar-refractivity contribution in [3.05, 3.63) is 51.3 Å². The maximum atomic E-state index is 12.2. The Morgan fingerprint density at radius 3 is 2.88 bits per heavy atom. The van der Waals surface area contributed by atoms with Crippen molar-refractivity contribution in [3.8, 4) is 5.69 Å². The van der Waals surface area contributed by atoms with Crippen LogP contribution in [0.4, 0.5) is 5.69 Å². The molecular weight excluding hydrogens is 312 g/mol. The number of nitrogens with zero attached hydrogens (tertiary/aromatic N) is 4. The van der Waals surface area contributed by atoms with E-state index in [0.717, 1.165) is 17.8 Å². The van der Waals surface area contributed by atoms with Gasteiger partial charge in [-0.1, -0.05) is 12.1 Å². The third-order valence-electron chi connectivity index (χ3n) is 4.02. The van der Waals surface area contributed by atoms with Crippen molar-refractivity contribution < 1.29 is 14.5 Å². The number of rotatable bonds is 4. The fourth-order valence-corrected chi connectivity index (χ4v) is 2.91. The van der Waals surface area contributed by atoms with Crippen LogP contribution >= 0.6 is 0 Å². The molecule has 1 aliphatic heterocycles. The van der Waals surface area contributed by atoms with Crippen LogP contribution in [0, 0.1) is 10.1 Å². The standard InChI is InChI=1S/C16H18N4O4/c1-3-24-16(21)15-11-10-18(2)9-8-12(11)19(17-15)13-6-4-5-7-14(13)20(22)23/h4-7H,3,8-10H2,1-2H3. The molecule has 0 N–H and O–H groups in total. The fourth-order valence-electron chi connectivity index (χ4n) is 2.91. The first-order chi connectivity index (χ1) is 11.5. The molecule has 2 aromatic rings. The Morgan fingerprint density at radius 1 is 1.42 bits per heavy atom. The van der Waals surface area contributed by atoms with E-state index in [0.29, 0.717) is 18.7 Å². The summed E-state index contributed by atoms with van der Waals surface area (Å²) in [6.45, 7) is 3.34. The fraction of sp³-hybridized carbons (Fsp3) is 0.375. The molecule has 0 saturated carbocycles. The second-order valence-electron chi connectivity index (χ2n) is 5.64. The number of hydrogen-bond acceptors (Lipinski definition) is 6. The lowest BCUT2D eigenvalue weighted by Crippen LogP contribution is -2.28. The van der Waals surface area contributed by atoms with E-state index in [4.69, 9.17) is 4.74 Å². The number of hydrogen-bond donors (Lipinski definition) is 0. The van der Waals surface area contributed by atoms with Crippen LogP contribution in [0.5, 0.6) is 0 Å². The normalized spacial score (nSPS) is 14.2. The summed E-state index contributed by atoms with van der Waals surface area (Å²) >= 11 is 0. The predicted octanol–water partition coefficient (Wildman–Crippen LogP) is 1.95. The summed E-state index contributed by atoms with van der Waals surface area (Å²) in [5.74, 6) is -0.499. The summed E-state index contributed by atoms with van der Waals surface area (Å²) in [6.07, 6.45) is 0.657. The van der Waals surface area contributed by atoms with Gasteiger partial charge in [0, 0.05) is 31.1 Å². The minimum atomic E-state index is -0.499. The second-order valence-corrected chi connectivity index (χ2v) is 5.64. The Hall–Kier alpha value is -2.74. The molecule has 0 fully saturated rings. The number of aromatic nitrogens is 2. The monoisotopic (exact) mass is 330 g/mol. The van der Waals surface area contributed by atoms with Crippen molar-refractivity contribution in [2.24, 2.45) is 0 Å². The molecular formula is C16H18N4O4. The molecule has 8 nitrogen and oxygen atoms in total. The van der Waals surface area contributed by atoms with Gasteiger partial charge in [-0.05, 0) is 20.0 Å².